The molecule has 0 radical (unpaired) electrons. The summed E-state index contributed by atoms with van der Waals surface area (Å²) in [6.07, 6.45) is 6.43. The molecule has 3 heterocycles. The van der Waals surface area contributed by atoms with Gasteiger partial charge < -0.3 is 9.64 Å². The van der Waals surface area contributed by atoms with Gasteiger partial charge in [-0.3, -0.25) is 9.36 Å². The first-order valence-electron chi connectivity index (χ1n) is 12.6. The molecule has 37 heavy (non-hydrogen) atoms. The van der Waals surface area contributed by atoms with E-state index in [-0.39, 0.29) is 12.2 Å². The third-order valence-electron chi connectivity index (χ3n) is 6.96. The van der Waals surface area contributed by atoms with E-state index in [0.29, 0.717) is 20.6 Å². The SMILES string of the molecule is CCOC(=O)C1=C(C)N=c2s/c(=C/c3ccc(N4CCCC4)cc3C)c(=O)n2[C@H]1c1ccc(SC)cc1. The Bertz CT molecular complexity index is 1540. The summed E-state index contributed by atoms with van der Waals surface area (Å²) < 4.78 is 7.64. The van der Waals surface area contributed by atoms with Gasteiger partial charge >= 0.3 is 5.97 Å². The molecular formula is C29H31N3O3S2. The molecule has 2 aliphatic heterocycles. The Morgan fingerprint density at radius 3 is 2.54 bits per heavy atom. The second kappa shape index (κ2) is 10.7. The maximum Gasteiger partial charge on any atom is 0.338 e. The maximum atomic E-state index is 13.8. The van der Waals surface area contributed by atoms with Crippen LogP contribution in [0.2, 0.25) is 0 Å². The molecule has 5 rings (SSSR count). The highest BCUT2D eigenvalue weighted by molar-refractivity contribution is 7.98. The first-order valence-corrected chi connectivity index (χ1v) is 14.6. The molecular weight excluding hydrogens is 502 g/mol. The molecule has 0 N–H and O–H groups in total. The van der Waals surface area contributed by atoms with Gasteiger partial charge in [-0.05, 0) is 86.9 Å². The molecule has 8 heteroatoms. The summed E-state index contributed by atoms with van der Waals surface area (Å²) in [7, 11) is 0. The minimum Gasteiger partial charge on any atom is -0.463 e. The molecule has 0 saturated carbocycles. The first-order chi connectivity index (χ1) is 17.9. The van der Waals surface area contributed by atoms with Crippen molar-refractivity contribution >= 4 is 40.8 Å². The molecule has 2 aliphatic rings. The van der Waals surface area contributed by atoms with Crippen LogP contribution in [0.3, 0.4) is 0 Å². The predicted octanol–water partition coefficient (Wildman–Crippen LogP) is 4.43. The molecule has 0 bridgehead atoms. The summed E-state index contributed by atoms with van der Waals surface area (Å²) in [4.78, 5) is 35.7. The van der Waals surface area contributed by atoms with Crippen LogP contribution in [0.15, 0.2) is 68.4 Å². The van der Waals surface area contributed by atoms with E-state index in [1.54, 1.807) is 23.3 Å². The molecule has 0 unspecified atom stereocenters. The van der Waals surface area contributed by atoms with Crippen molar-refractivity contribution < 1.29 is 9.53 Å². The van der Waals surface area contributed by atoms with E-state index in [1.165, 1.54) is 29.9 Å². The number of carbonyl (C=O) groups excluding carboxylic acids is 1. The van der Waals surface area contributed by atoms with Crippen LogP contribution in [-0.2, 0) is 9.53 Å². The van der Waals surface area contributed by atoms with E-state index < -0.39 is 12.0 Å². The Morgan fingerprint density at radius 1 is 1.16 bits per heavy atom. The minimum absolute atomic E-state index is 0.153. The number of esters is 1. The van der Waals surface area contributed by atoms with Gasteiger partial charge in [-0.15, -0.1) is 11.8 Å². The number of hydrogen-bond acceptors (Lipinski definition) is 7. The Labute approximate surface area is 225 Å². The zero-order valence-corrected chi connectivity index (χ0v) is 23.2. The average molecular weight is 534 g/mol. The fraction of sp³-hybridized carbons (Fsp3) is 0.345. The third kappa shape index (κ3) is 4.92. The van der Waals surface area contributed by atoms with Gasteiger partial charge in [0, 0.05) is 23.7 Å². The number of anilines is 1. The summed E-state index contributed by atoms with van der Waals surface area (Å²) in [5.41, 5.74) is 5.06. The number of rotatable bonds is 6. The normalized spacial score (nSPS) is 17.7. The average Bonchev–Trinajstić information content (AvgIpc) is 3.53. The molecule has 1 aromatic heterocycles. The lowest BCUT2D eigenvalue weighted by Crippen LogP contribution is -2.39. The molecule has 0 aliphatic carbocycles. The van der Waals surface area contributed by atoms with Gasteiger partial charge in [0.1, 0.15) is 0 Å². The highest BCUT2D eigenvalue weighted by Gasteiger charge is 2.33. The van der Waals surface area contributed by atoms with E-state index in [1.807, 2.05) is 43.5 Å². The van der Waals surface area contributed by atoms with Crippen molar-refractivity contribution in [1.29, 1.82) is 0 Å². The Balaban J connectivity index is 1.63. The molecule has 1 atom stereocenters. The van der Waals surface area contributed by atoms with Crippen LogP contribution in [0.25, 0.3) is 6.08 Å². The summed E-state index contributed by atoms with van der Waals surface area (Å²) in [5.74, 6) is -0.440. The standard InChI is InChI=1S/C29H31N3O3S2/c1-5-35-28(34)25-19(3)30-29-32(26(25)20-9-12-23(36-4)13-10-20)27(33)24(37-29)17-21-8-11-22(16-18(21)2)31-14-6-7-15-31/h8-13,16-17,26H,5-7,14-15H2,1-4H3/b24-17+/t26-/m0/s1. The van der Waals surface area contributed by atoms with Gasteiger partial charge in [0.15, 0.2) is 4.80 Å². The topological polar surface area (TPSA) is 63.9 Å². The molecule has 1 fully saturated rings. The van der Waals surface area contributed by atoms with E-state index in [4.69, 9.17) is 4.74 Å². The van der Waals surface area contributed by atoms with Crippen LogP contribution >= 0.6 is 23.1 Å². The van der Waals surface area contributed by atoms with Crippen LogP contribution in [0, 0.1) is 6.92 Å². The smallest absolute Gasteiger partial charge is 0.338 e. The number of fused-ring (bicyclic) bond motifs is 1. The second-order valence-corrected chi connectivity index (χ2v) is 11.2. The van der Waals surface area contributed by atoms with Gasteiger partial charge in [0.25, 0.3) is 5.56 Å². The number of aryl methyl sites for hydroxylation is 1. The van der Waals surface area contributed by atoms with E-state index >= 15 is 0 Å². The number of benzene rings is 2. The van der Waals surface area contributed by atoms with Crippen LogP contribution in [0.1, 0.15) is 49.4 Å². The number of hydrogen-bond donors (Lipinski definition) is 0. The van der Waals surface area contributed by atoms with E-state index in [2.05, 4.69) is 35.0 Å². The Hall–Kier alpha value is -3.10. The van der Waals surface area contributed by atoms with E-state index in [0.717, 1.165) is 34.7 Å². The van der Waals surface area contributed by atoms with Crippen molar-refractivity contribution in [2.24, 2.45) is 4.99 Å². The highest BCUT2D eigenvalue weighted by Crippen LogP contribution is 2.32. The molecule has 2 aromatic carbocycles. The van der Waals surface area contributed by atoms with Crippen LogP contribution in [-0.4, -0.2) is 36.5 Å². The Kier molecular flexibility index (Phi) is 7.40. The third-order valence-corrected chi connectivity index (χ3v) is 8.69. The zero-order valence-electron chi connectivity index (χ0n) is 21.6. The quantitative estimate of drug-likeness (QED) is 0.347. The van der Waals surface area contributed by atoms with Gasteiger partial charge in [-0.1, -0.05) is 29.5 Å². The van der Waals surface area contributed by atoms with Crippen molar-refractivity contribution in [1.82, 2.24) is 4.57 Å². The van der Waals surface area contributed by atoms with E-state index in [9.17, 15) is 9.59 Å². The minimum atomic E-state index is -0.591. The summed E-state index contributed by atoms with van der Waals surface area (Å²) in [5, 5.41) is 0. The number of ether oxygens (including phenoxy) is 1. The number of thioether (sulfide) groups is 1. The molecule has 0 amide bonds. The summed E-state index contributed by atoms with van der Waals surface area (Å²) >= 11 is 3.01. The van der Waals surface area contributed by atoms with Crippen molar-refractivity contribution in [3.63, 3.8) is 0 Å². The molecule has 192 valence electrons. The number of carbonyl (C=O) groups is 1. The summed E-state index contributed by atoms with van der Waals surface area (Å²) in [6, 6.07) is 13.8. The van der Waals surface area contributed by atoms with Crippen molar-refractivity contribution in [2.75, 3.05) is 30.9 Å². The number of nitrogens with zero attached hydrogens (tertiary/aromatic N) is 3. The Morgan fingerprint density at radius 2 is 1.89 bits per heavy atom. The fourth-order valence-corrected chi connectivity index (χ4v) is 6.47. The molecule has 0 spiro atoms. The molecule has 1 saturated heterocycles. The lowest BCUT2D eigenvalue weighted by molar-refractivity contribution is -0.139. The molecule has 6 nitrogen and oxygen atoms in total. The maximum absolute atomic E-state index is 13.8. The largest absolute Gasteiger partial charge is 0.463 e. The molecule has 3 aromatic rings. The van der Waals surface area contributed by atoms with Crippen LogP contribution < -0.4 is 19.8 Å². The van der Waals surface area contributed by atoms with Crippen LogP contribution in [0.4, 0.5) is 5.69 Å². The first kappa shape index (κ1) is 25.5. The predicted molar refractivity (Wildman–Crippen MR) is 151 cm³/mol. The van der Waals surface area contributed by atoms with Gasteiger partial charge in [-0.2, -0.15) is 0 Å². The van der Waals surface area contributed by atoms with Crippen molar-refractivity contribution in [3.05, 3.63) is 90.1 Å². The highest BCUT2D eigenvalue weighted by atomic mass is 32.2. The monoisotopic (exact) mass is 533 g/mol. The fourth-order valence-electron chi connectivity index (χ4n) is 5.03. The van der Waals surface area contributed by atoms with Gasteiger partial charge in [0.2, 0.25) is 0 Å². The zero-order chi connectivity index (χ0) is 26.1. The lowest BCUT2D eigenvalue weighted by Gasteiger charge is -2.24. The second-order valence-electron chi connectivity index (χ2n) is 9.31. The van der Waals surface area contributed by atoms with Crippen molar-refractivity contribution in [2.45, 2.75) is 44.6 Å². The summed E-state index contributed by atoms with van der Waals surface area (Å²) in [6.45, 7) is 8.12. The number of allylic oxidation sites excluding steroid dienone is 1. The van der Waals surface area contributed by atoms with Gasteiger partial charge in [-0.25, -0.2) is 9.79 Å². The van der Waals surface area contributed by atoms with Crippen molar-refractivity contribution in [3.8, 4) is 0 Å². The number of aromatic nitrogens is 1. The van der Waals surface area contributed by atoms with Crippen LogP contribution in [0.5, 0.6) is 0 Å². The lowest BCUT2D eigenvalue weighted by atomic mass is 9.96. The number of thiazole rings is 1. The van der Waals surface area contributed by atoms with Gasteiger partial charge in [0.05, 0.1) is 28.5 Å².